The van der Waals surface area contributed by atoms with Crippen molar-refractivity contribution in [3.63, 3.8) is 0 Å². The van der Waals surface area contributed by atoms with E-state index < -0.39 is 15.9 Å². The normalized spacial score (nSPS) is 14.7. The van der Waals surface area contributed by atoms with Gasteiger partial charge in [-0.05, 0) is 56.2 Å². The van der Waals surface area contributed by atoms with Gasteiger partial charge in [0.05, 0.1) is 11.4 Å². The zero-order valence-electron chi connectivity index (χ0n) is 21.1. The highest BCUT2D eigenvalue weighted by atomic mass is 32.2. The maximum atomic E-state index is 13.9. The third kappa shape index (κ3) is 6.31. The lowest BCUT2D eigenvalue weighted by Crippen LogP contribution is -2.44. The Morgan fingerprint density at radius 1 is 1.03 bits per heavy atom. The van der Waals surface area contributed by atoms with Crippen molar-refractivity contribution in [2.45, 2.75) is 25.7 Å². The Kier molecular flexibility index (Phi) is 8.53. The molecule has 1 heterocycles. The van der Waals surface area contributed by atoms with Crippen molar-refractivity contribution in [2.75, 3.05) is 30.9 Å². The van der Waals surface area contributed by atoms with Crippen LogP contribution in [0.15, 0.2) is 95.3 Å². The molecular formula is C28H33FN4O2S. The Balaban J connectivity index is 1.69. The van der Waals surface area contributed by atoms with Crippen molar-refractivity contribution < 1.29 is 12.8 Å². The fourth-order valence-corrected chi connectivity index (χ4v) is 5.34. The number of para-hydroxylation sites is 1. The predicted molar refractivity (Wildman–Crippen MR) is 148 cm³/mol. The smallest absolute Gasteiger partial charge is 0.264 e. The first kappa shape index (κ1) is 26.9. The van der Waals surface area contributed by atoms with Crippen molar-refractivity contribution in [2.24, 2.45) is 4.99 Å². The van der Waals surface area contributed by atoms with Crippen LogP contribution in [0.4, 0.5) is 15.8 Å². The molecule has 0 saturated carbocycles. The number of benzene rings is 2. The maximum Gasteiger partial charge on any atom is 0.264 e. The lowest BCUT2D eigenvalue weighted by molar-refractivity contribution is 0.212. The summed E-state index contributed by atoms with van der Waals surface area (Å²) in [6.45, 7) is 19.5. The second kappa shape index (κ2) is 11.4. The van der Waals surface area contributed by atoms with Gasteiger partial charge in [-0.1, -0.05) is 49.6 Å². The quantitative estimate of drug-likeness (QED) is 0.331. The minimum absolute atomic E-state index is 0.128. The standard InChI is InChI=1S/C28H33FN4O2S/c1-7-30-28-21(4)9-8-10-27(28)36(34,35)31-25-13-11-24(12-14-25)23(6)32-15-17-33(18-16-32)26(22(5)29)19-20(2)3/h7-14,19,31H,2,5-6,15-18H2,1,3-4H3/b26-19+,30-7-. The Bertz CT molecular complexity index is 1320. The molecule has 3 rings (SSSR count). The maximum absolute atomic E-state index is 13.9. The summed E-state index contributed by atoms with van der Waals surface area (Å²) in [6.07, 6.45) is 3.29. The van der Waals surface area contributed by atoms with E-state index in [0.29, 0.717) is 43.3 Å². The number of hydrogen-bond donors (Lipinski definition) is 1. The summed E-state index contributed by atoms with van der Waals surface area (Å²) in [5.74, 6) is -0.470. The minimum Gasteiger partial charge on any atom is -0.368 e. The van der Waals surface area contributed by atoms with Crippen molar-refractivity contribution in [3.8, 4) is 0 Å². The Morgan fingerprint density at radius 3 is 2.19 bits per heavy atom. The van der Waals surface area contributed by atoms with E-state index in [1.54, 1.807) is 43.5 Å². The van der Waals surface area contributed by atoms with Gasteiger partial charge >= 0.3 is 0 Å². The van der Waals surface area contributed by atoms with Gasteiger partial charge in [0.25, 0.3) is 10.0 Å². The highest BCUT2D eigenvalue weighted by Gasteiger charge is 2.23. The summed E-state index contributed by atoms with van der Waals surface area (Å²) in [4.78, 5) is 8.47. The average Bonchev–Trinajstić information content (AvgIpc) is 2.83. The molecule has 2 aromatic rings. The molecule has 1 N–H and O–H groups in total. The van der Waals surface area contributed by atoms with E-state index in [0.717, 1.165) is 22.4 Å². The van der Waals surface area contributed by atoms with Gasteiger partial charge in [0.2, 0.25) is 0 Å². The third-order valence-electron chi connectivity index (χ3n) is 5.88. The topological polar surface area (TPSA) is 65.0 Å². The number of rotatable bonds is 9. The van der Waals surface area contributed by atoms with Gasteiger partial charge in [-0.3, -0.25) is 9.71 Å². The third-order valence-corrected chi connectivity index (χ3v) is 7.29. The molecule has 36 heavy (non-hydrogen) atoms. The zero-order chi connectivity index (χ0) is 26.5. The van der Waals surface area contributed by atoms with Gasteiger partial charge in [0.1, 0.15) is 10.7 Å². The fourth-order valence-electron chi connectivity index (χ4n) is 4.06. The first-order valence-corrected chi connectivity index (χ1v) is 13.1. The second-order valence-electron chi connectivity index (χ2n) is 8.69. The lowest BCUT2D eigenvalue weighted by atomic mass is 10.1. The summed E-state index contributed by atoms with van der Waals surface area (Å²) in [5, 5.41) is 0. The summed E-state index contributed by atoms with van der Waals surface area (Å²) in [6, 6.07) is 12.2. The van der Waals surface area contributed by atoms with Crippen LogP contribution in [-0.2, 0) is 10.0 Å². The Morgan fingerprint density at radius 2 is 1.64 bits per heavy atom. The molecule has 0 amide bonds. The first-order chi connectivity index (χ1) is 17.0. The SMILES string of the molecule is C=C(C)/C=C(\C(=C)F)N1CCN(C(=C)c2ccc(NS(=O)(=O)c3cccc(C)c3/N=C\C)cc2)CC1. The van der Waals surface area contributed by atoms with Gasteiger partial charge in [-0.25, -0.2) is 12.8 Å². The number of halogens is 1. The summed E-state index contributed by atoms with van der Waals surface area (Å²) < 4.78 is 42.7. The van der Waals surface area contributed by atoms with Crippen LogP contribution in [0.2, 0.25) is 0 Å². The van der Waals surface area contributed by atoms with Gasteiger partial charge in [-0.2, -0.15) is 0 Å². The van der Waals surface area contributed by atoms with E-state index in [4.69, 9.17) is 0 Å². The molecule has 0 radical (unpaired) electrons. The predicted octanol–water partition coefficient (Wildman–Crippen LogP) is 6.05. The van der Waals surface area contributed by atoms with Gasteiger partial charge in [-0.15, -0.1) is 0 Å². The highest BCUT2D eigenvalue weighted by Crippen LogP contribution is 2.30. The molecule has 0 bridgehead atoms. The number of nitrogens with one attached hydrogen (secondary N) is 1. The molecule has 0 atom stereocenters. The molecule has 0 aromatic heterocycles. The summed E-state index contributed by atoms with van der Waals surface area (Å²) in [5.41, 5.74) is 4.59. The second-order valence-corrected chi connectivity index (χ2v) is 10.3. The van der Waals surface area contributed by atoms with Crippen LogP contribution >= 0.6 is 0 Å². The monoisotopic (exact) mass is 508 g/mol. The molecule has 1 aliphatic heterocycles. The van der Waals surface area contributed by atoms with Gasteiger partial charge in [0.15, 0.2) is 0 Å². The van der Waals surface area contributed by atoms with Gasteiger partial charge in [0, 0.05) is 43.8 Å². The van der Waals surface area contributed by atoms with Crippen LogP contribution in [0.5, 0.6) is 0 Å². The summed E-state index contributed by atoms with van der Waals surface area (Å²) in [7, 11) is -3.82. The van der Waals surface area contributed by atoms with Crippen molar-refractivity contribution in [1.29, 1.82) is 0 Å². The number of aliphatic imine (C=N–C) groups is 1. The minimum atomic E-state index is -3.82. The van der Waals surface area contributed by atoms with Crippen LogP contribution in [0, 0.1) is 6.92 Å². The number of anilines is 1. The largest absolute Gasteiger partial charge is 0.368 e. The number of piperazine rings is 1. The average molecular weight is 509 g/mol. The van der Waals surface area contributed by atoms with E-state index in [2.05, 4.69) is 34.4 Å². The van der Waals surface area contributed by atoms with Crippen molar-refractivity contribution in [1.82, 2.24) is 9.80 Å². The van der Waals surface area contributed by atoms with Crippen molar-refractivity contribution in [3.05, 3.63) is 96.5 Å². The number of aryl methyl sites for hydroxylation is 1. The Hall–Kier alpha value is -3.65. The molecule has 190 valence electrons. The molecular weight excluding hydrogens is 475 g/mol. The van der Waals surface area contributed by atoms with Crippen molar-refractivity contribution >= 4 is 33.3 Å². The fraction of sp³-hybridized carbons (Fsp3) is 0.250. The molecule has 0 unspecified atom stereocenters. The van der Waals surface area contributed by atoms with Crippen LogP contribution < -0.4 is 4.72 Å². The lowest BCUT2D eigenvalue weighted by Gasteiger charge is -2.39. The molecule has 1 saturated heterocycles. The van der Waals surface area contributed by atoms with E-state index in [1.165, 1.54) is 0 Å². The van der Waals surface area contributed by atoms with Crippen LogP contribution in [0.1, 0.15) is 25.0 Å². The number of hydrogen-bond acceptors (Lipinski definition) is 5. The van der Waals surface area contributed by atoms with E-state index >= 15 is 0 Å². The highest BCUT2D eigenvalue weighted by molar-refractivity contribution is 7.92. The molecule has 0 aliphatic carbocycles. The number of sulfonamides is 1. The van der Waals surface area contributed by atoms with Crippen LogP contribution in [0.25, 0.3) is 5.70 Å². The number of allylic oxidation sites excluding steroid dienone is 3. The number of nitrogens with zero attached hydrogens (tertiary/aromatic N) is 3. The van der Waals surface area contributed by atoms with Gasteiger partial charge < -0.3 is 9.80 Å². The Labute approximate surface area is 213 Å². The van der Waals surface area contributed by atoms with E-state index in [9.17, 15) is 12.8 Å². The van der Waals surface area contributed by atoms with E-state index in [-0.39, 0.29) is 4.90 Å². The molecule has 1 aliphatic rings. The molecule has 0 spiro atoms. The summed E-state index contributed by atoms with van der Waals surface area (Å²) >= 11 is 0. The molecule has 6 nitrogen and oxygen atoms in total. The van der Waals surface area contributed by atoms with Crippen LogP contribution in [-0.4, -0.2) is 50.6 Å². The zero-order valence-corrected chi connectivity index (χ0v) is 21.9. The molecule has 2 aromatic carbocycles. The first-order valence-electron chi connectivity index (χ1n) is 11.7. The van der Waals surface area contributed by atoms with Crippen LogP contribution in [0.3, 0.4) is 0 Å². The molecule has 8 heteroatoms. The molecule has 1 fully saturated rings. The van der Waals surface area contributed by atoms with E-state index in [1.807, 2.05) is 36.9 Å².